The first-order chi connectivity index (χ1) is 3.43. The third-order valence-corrected chi connectivity index (χ3v) is 1.14. The van der Waals surface area contributed by atoms with Crippen LogP contribution in [0.3, 0.4) is 0 Å². The Labute approximate surface area is 46.9 Å². The van der Waals surface area contributed by atoms with E-state index in [0.29, 0.717) is 6.67 Å². The van der Waals surface area contributed by atoms with Crippen molar-refractivity contribution in [1.29, 1.82) is 0 Å². The molecular weight excluding hydrogens is 110 g/mol. The van der Waals surface area contributed by atoms with Gasteiger partial charge >= 0.3 is 0 Å². The SMILES string of the molecule is [CH2]SN1C=NCN1. The average Bonchev–Trinajstić information content (AvgIpc) is 2.14. The Morgan fingerprint density at radius 2 is 2.86 bits per heavy atom. The Hall–Kier alpha value is -0.220. The van der Waals surface area contributed by atoms with Gasteiger partial charge in [-0.25, -0.2) is 9.84 Å². The molecule has 0 aromatic rings. The molecule has 1 N–H and O–H groups in total. The summed E-state index contributed by atoms with van der Waals surface area (Å²) in [5, 5.41) is 0. The summed E-state index contributed by atoms with van der Waals surface area (Å²) in [6.07, 6.45) is 5.26. The van der Waals surface area contributed by atoms with Crippen molar-refractivity contribution in [1.82, 2.24) is 9.84 Å². The quantitative estimate of drug-likeness (QED) is 0.497. The van der Waals surface area contributed by atoms with E-state index in [2.05, 4.69) is 16.7 Å². The molecule has 39 valence electrons. The lowest BCUT2D eigenvalue weighted by Crippen LogP contribution is -2.23. The predicted molar refractivity (Wildman–Crippen MR) is 31.3 cm³/mol. The fourth-order valence-corrected chi connectivity index (χ4v) is 0.628. The van der Waals surface area contributed by atoms with Gasteiger partial charge in [-0.2, -0.15) is 0 Å². The van der Waals surface area contributed by atoms with Crippen molar-refractivity contribution in [2.45, 2.75) is 0 Å². The molecule has 1 radical (unpaired) electrons. The molecule has 1 aliphatic heterocycles. The summed E-state index contributed by atoms with van der Waals surface area (Å²) in [6.45, 7) is 0.683. The monoisotopic (exact) mass is 116 g/mol. The second-order valence-electron chi connectivity index (χ2n) is 1.07. The van der Waals surface area contributed by atoms with E-state index in [1.165, 1.54) is 11.9 Å². The summed E-state index contributed by atoms with van der Waals surface area (Å²) in [6, 6.07) is 0. The van der Waals surface area contributed by atoms with Gasteiger partial charge in [-0.05, 0) is 11.9 Å². The summed E-state index contributed by atoms with van der Waals surface area (Å²) in [5.41, 5.74) is 2.92. The van der Waals surface area contributed by atoms with E-state index in [0.717, 1.165) is 0 Å². The van der Waals surface area contributed by atoms with Crippen LogP contribution in [-0.4, -0.2) is 17.4 Å². The van der Waals surface area contributed by atoms with Crippen LogP contribution in [0.4, 0.5) is 0 Å². The minimum Gasteiger partial charge on any atom is -0.256 e. The largest absolute Gasteiger partial charge is 0.256 e. The van der Waals surface area contributed by atoms with Gasteiger partial charge in [0, 0.05) is 6.26 Å². The molecule has 1 aliphatic rings. The standard InChI is InChI=1S/C3H6N3S/c1-7-6-3-4-2-5-6/h3,5H,1-2H2. The first-order valence-corrected chi connectivity index (χ1v) is 2.82. The van der Waals surface area contributed by atoms with E-state index in [1.807, 2.05) is 0 Å². The van der Waals surface area contributed by atoms with Crippen molar-refractivity contribution in [3.8, 4) is 0 Å². The third-order valence-electron chi connectivity index (χ3n) is 0.643. The van der Waals surface area contributed by atoms with E-state index < -0.39 is 0 Å². The lowest BCUT2D eigenvalue weighted by Gasteiger charge is -2.06. The molecule has 1 rings (SSSR count). The number of hydrogen-bond donors (Lipinski definition) is 1. The highest BCUT2D eigenvalue weighted by atomic mass is 32.2. The molecule has 0 unspecified atom stereocenters. The lowest BCUT2D eigenvalue weighted by atomic mass is 11.2. The fourth-order valence-electron chi connectivity index (χ4n) is 0.345. The van der Waals surface area contributed by atoms with Crippen LogP contribution in [0, 0.1) is 6.26 Å². The Balaban J connectivity index is 2.28. The van der Waals surface area contributed by atoms with Gasteiger partial charge in [0.2, 0.25) is 0 Å². The molecular formula is C3H6N3S. The maximum Gasteiger partial charge on any atom is 0.113 e. The molecule has 0 spiro atoms. The van der Waals surface area contributed by atoms with E-state index in [9.17, 15) is 0 Å². The predicted octanol–water partition coefficient (Wildman–Crippen LogP) is 0.232. The number of hydrazine groups is 1. The van der Waals surface area contributed by atoms with Crippen LogP contribution in [0.15, 0.2) is 4.99 Å². The van der Waals surface area contributed by atoms with Crippen molar-refractivity contribution in [2.24, 2.45) is 4.99 Å². The molecule has 0 aromatic heterocycles. The minimum atomic E-state index is 0.683. The van der Waals surface area contributed by atoms with E-state index >= 15 is 0 Å². The first-order valence-electron chi connectivity index (χ1n) is 1.88. The van der Waals surface area contributed by atoms with Gasteiger partial charge in [-0.1, -0.05) is 0 Å². The third kappa shape index (κ3) is 1.07. The molecule has 1 heterocycles. The topological polar surface area (TPSA) is 27.6 Å². The van der Waals surface area contributed by atoms with Crippen LogP contribution in [0.25, 0.3) is 0 Å². The van der Waals surface area contributed by atoms with Crippen molar-refractivity contribution in [3.05, 3.63) is 6.26 Å². The number of rotatable bonds is 1. The Morgan fingerprint density at radius 3 is 3.14 bits per heavy atom. The van der Waals surface area contributed by atoms with Crippen LogP contribution in [0.1, 0.15) is 0 Å². The van der Waals surface area contributed by atoms with Crippen LogP contribution < -0.4 is 5.43 Å². The molecule has 4 heteroatoms. The molecule has 0 atom stereocenters. The molecule has 0 bridgehead atoms. The van der Waals surface area contributed by atoms with Crippen molar-refractivity contribution in [3.63, 3.8) is 0 Å². The summed E-state index contributed by atoms with van der Waals surface area (Å²) in [5.74, 6) is 0. The lowest BCUT2D eigenvalue weighted by molar-refractivity contribution is 0.556. The van der Waals surface area contributed by atoms with Gasteiger partial charge in [-0.15, -0.1) is 0 Å². The molecule has 0 amide bonds. The van der Waals surface area contributed by atoms with Crippen molar-refractivity contribution in [2.75, 3.05) is 6.67 Å². The summed E-state index contributed by atoms with van der Waals surface area (Å²) >= 11 is 1.36. The van der Waals surface area contributed by atoms with Gasteiger partial charge in [0.1, 0.15) is 13.0 Å². The van der Waals surface area contributed by atoms with Gasteiger partial charge < -0.3 is 0 Å². The van der Waals surface area contributed by atoms with Crippen LogP contribution in [0.5, 0.6) is 0 Å². The number of aliphatic imine (C=N–C) groups is 1. The van der Waals surface area contributed by atoms with E-state index in [-0.39, 0.29) is 0 Å². The van der Waals surface area contributed by atoms with Gasteiger partial charge in [0.05, 0.1) is 0 Å². The van der Waals surface area contributed by atoms with E-state index in [4.69, 9.17) is 0 Å². The molecule has 0 saturated carbocycles. The normalized spacial score (nSPS) is 18.7. The molecule has 7 heavy (non-hydrogen) atoms. The zero-order valence-corrected chi connectivity index (χ0v) is 4.61. The molecule has 0 saturated heterocycles. The smallest absolute Gasteiger partial charge is 0.113 e. The number of nitrogens with zero attached hydrogens (tertiary/aromatic N) is 2. The number of hydrogen-bond acceptors (Lipinski definition) is 4. The molecule has 0 aliphatic carbocycles. The van der Waals surface area contributed by atoms with E-state index in [1.54, 1.807) is 10.8 Å². The fraction of sp³-hybridized carbons (Fsp3) is 0.333. The highest BCUT2D eigenvalue weighted by Crippen LogP contribution is 2.01. The molecule has 0 fully saturated rings. The highest BCUT2D eigenvalue weighted by molar-refractivity contribution is 7.98. The summed E-state index contributed by atoms with van der Waals surface area (Å²) in [7, 11) is 0. The highest BCUT2D eigenvalue weighted by Gasteiger charge is 1.98. The maximum atomic E-state index is 3.86. The number of nitrogens with one attached hydrogen (secondary N) is 1. The Morgan fingerprint density at radius 1 is 2.00 bits per heavy atom. The van der Waals surface area contributed by atoms with Gasteiger partial charge in [0.25, 0.3) is 0 Å². The second-order valence-corrected chi connectivity index (χ2v) is 1.72. The maximum absolute atomic E-state index is 3.86. The van der Waals surface area contributed by atoms with Gasteiger partial charge in [-0.3, -0.25) is 4.99 Å². The van der Waals surface area contributed by atoms with Crippen molar-refractivity contribution < 1.29 is 0 Å². The summed E-state index contributed by atoms with van der Waals surface area (Å²) < 4.78 is 1.75. The first kappa shape index (κ1) is 4.93. The molecule has 0 aromatic carbocycles. The minimum absolute atomic E-state index is 0.683. The molecule has 3 nitrogen and oxygen atoms in total. The van der Waals surface area contributed by atoms with Crippen LogP contribution >= 0.6 is 11.9 Å². The van der Waals surface area contributed by atoms with Crippen LogP contribution in [-0.2, 0) is 0 Å². The zero-order chi connectivity index (χ0) is 5.11. The van der Waals surface area contributed by atoms with Crippen LogP contribution in [0.2, 0.25) is 0 Å². The zero-order valence-electron chi connectivity index (χ0n) is 3.79. The second kappa shape index (κ2) is 2.18. The van der Waals surface area contributed by atoms with Crippen molar-refractivity contribution >= 4 is 18.3 Å². The summed E-state index contributed by atoms with van der Waals surface area (Å²) in [4.78, 5) is 3.86. The average molecular weight is 116 g/mol. The Kier molecular flexibility index (Phi) is 1.54. The van der Waals surface area contributed by atoms with Gasteiger partial charge in [0.15, 0.2) is 0 Å². The Bertz CT molecular complexity index is 82.2.